The third kappa shape index (κ3) is 5.18. The molecule has 2 aromatic carbocycles. The third-order valence-electron chi connectivity index (χ3n) is 5.35. The van der Waals surface area contributed by atoms with Crippen LogP contribution < -0.4 is 4.80 Å². The summed E-state index contributed by atoms with van der Waals surface area (Å²) in [5.74, 6) is 0. The van der Waals surface area contributed by atoms with E-state index in [2.05, 4.69) is 50.0 Å². The summed E-state index contributed by atoms with van der Waals surface area (Å²) in [4.78, 5) is 20.2. The summed E-state index contributed by atoms with van der Waals surface area (Å²) in [5.41, 5.74) is 5.54. The molecule has 0 radical (unpaired) electrons. The van der Waals surface area contributed by atoms with E-state index in [1.807, 2.05) is 24.4 Å². The Bertz CT molecular complexity index is 1390. The summed E-state index contributed by atoms with van der Waals surface area (Å²) in [6, 6.07) is 18.6. The van der Waals surface area contributed by atoms with Gasteiger partial charge in [-0.1, -0.05) is 45.0 Å². The van der Waals surface area contributed by atoms with E-state index in [0.717, 1.165) is 28.2 Å². The third-order valence-corrected chi connectivity index (χ3v) is 6.16. The lowest BCUT2D eigenvalue weighted by Gasteiger charge is -2.19. The van der Waals surface area contributed by atoms with Gasteiger partial charge < -0.3 is 0 Å². The molecule has 8 heteroatoms. The fourth-order valence-electron chi connectivity index (χ4n) is 3.38. The molecule has 0 atom stereocenters. The highest BCUT2D eigenvalue weighted by atomic mass is 32.1. The first-order valence-electron chi connectivity index (χ1n) is 10.8. The molecule has 2 heterocycles. The summed E-state index contributed by atoms with van der Waals surface area (Å²) in [6.45, 7) is 8.52. The van der Waals surface area contributed by atoms with Gasteiger partial charge in [-0.25, -0.2) is 9.67 Å². The lowest BCUT2D eigenvalue weighted by molar-refractivity contribution is -0.384. The van der Waals surface area contributed by atoms with Crippen LogP contribution in [-0.4, -0.2) is 20.3 Å². The van der Waals surface area contributed by atoms with E-state index in [-0.39, 0.29) is 11.1 Å². The summed E-state index contributed by atoms with van der Waals surface area (Å²) >= 11 is 1.45. The van der Waals surface area contributed by atoms with Gasteiger partial charge in [0.05, 0.1) is 28.2 Å². The molecular formula is C26H25N5O2S. The highest BCUT2D eigenvalue weighted by Crippen LogP contribution is 2.25. The van der Waals surface area contributed by atoms with Crippen LogP contribution in [0.2, 0.25) is 0 Å². The predicted molar refractivity (Wildman–Crippen MR) is 137 cm³/mol. The van der Waals surface area contributed by atoms with Crippen LogP contribution in [0.5, 0.6) is 0 Å². The fourth-order valence-corrected chi connectivity index (χ4v) is 4.23. The minimum Gasteiger partial charge on any atom is -0.262 e. The number of rotatable bonds is 5. The molecule has 0 spiro atoms. The molecule has 0 saturated carbocycles. The number of nitrogens with zero attached hydrogens (tertiary/aromatic N) is 5. The average Bonchev–Trinajstić information content (AvgIpc) is 3.21. The molecule has 0 fully saturated rings. The summed E-state index contributed by atoms with van der Waals surface area (Å²) in [7, 11) is 0. The van der Waals surface area contributed by atoms with E-state index in [9.17, 15) is 10.1 Å². The standard InChI is InChI=1S/C26H25N5O2S/c1-18(19-7-11-21(12-8-19)26(2,3)4)29-30-24(20-9-13-23(14-10-20)31(32)33)17-34-25(30)28-22-6-5-15-27-16-22/h5-17H,1-4H3. The largest absolute Gasteiger partial charge is 0.269 e. The average molecular weight is 472 g/mol. The van der Waals surface area contributed by atoms with Crippen LogP contribution in [0.25, 0.3) is 11.3 Å². The van der Waals surface area contributed by atoms with Gasteiger partial charge in [0, 0.05) is 29.3 Å². The van der Waals surface area contributed by atoms with Crippen molar-refractivity contribution in [2.75, 3.05) is 0 Å². The minimum atomic E-state index is -0.405. The lowest BCUT2D eigenvalue weighted by Crippen LogP contribution is -2.14. The molecule has 4 aromatic rings. The second-order valence-electron chi connectivity index (χ2n) is 8.86. The van der Waals surface area contributed by atoms with Gasteiger partial charge in [0.15, 0.2) is 0 Å². The van der Waals surface area contributed by atoms with Crippen LogP contribution in [-0.2, 0) is 5.41 Å². The Balaban J connectivity index is 1.82. The zero-order valence-corrected chi connectivity index (χ0v) is 20.3. The van der Waals surface area contributed by atoms with E-state index in [0.29, 0.717) is 4.80 Å². The highest BCUT2D eigenvalue weighted by molar-refractivity contribution is 7.07. The molecule has 0 aliphatic rings. The number of benzene rings is 2. The molecule has 0 aliphatic carbocycles. The van der Waals surface area contributed by atoms with E-state index >= 15 is 0 Å². The van der Waals surface area contributed by atoms with Crippen LogP contribution >= 0.6 is 11.3 Å². The van der Waals surface area contributed by atoms with Gasteiger partial charge in [-0.05, 0) is 47.7 Å². The number of hydrogen-bond donors (Lipinski definition) is 0. The van der Waals surface area contributed by atoms with E-state index < -0.39 is 4.92 Å². The van der Waals surface area contributed by atoms with Crippen molar-refractivity contribution >= 4 is 28.4 Å². The van der Waals surface area contributed by atoms with Gasteiger partial charge in [0.25, 0.3) is 5.69 Å². The second-order valence-corrected chi connectivity index (χ2v) is 9.69. The van der Waals surface area contributed by atoms with Crippen molar-refractivity contribution in [2.45, 2.75) is 33.1 Å². The van der Waals surface area contributed by atoms with Crippen LogP contribution in [0.4, 0.5) is 11.4 Å². The topological polar surface area (TPSA) is 85.7 Å². The van der Waals surface area contributed by atoms with Crippen LogP contribution in [0.15, 0.2) is 88.5 Å². The molecule has 0 N–H and O–H groups in total. The smallest absolute Gasteiger partial charge is 0.262 e. The second kappa shape index (κ2) is 9.52. The molecule has 0 saturated heterocycles. The van der Waals surface area contributed by atoms with Gasteiger partial charge >= 0.3 is 0 Å². The van der Waals surface area contributed by atoms with Crippen LogP contribution in [0.1, 0.15) is 38.8 Å². The van der Waals surface area contributed by atoms with Crippen molar-refractivity contribution in [3.05, 3.63) is 104 Å². The first kappa shape index (κ1) is 23.3. The molecule has 172 valence electrons. The summed E-state index contributed by atoms with van der Waals surface area (Å²) in [5, 5.41) is 17.9. The molecule has 34 heavy (non-hydrogen) atoms. The zero-order chi connectivity index (χ0) is 24.3. The number of hydrogen-bond acceptors (Lipinski definition) is 6. The van der Waals surface area contributed by atoms with Gasteiger partial charge in [-0.3, -0.25) is 15.1 Å². The molecule has 0 amide bonds. The number of thiazole rings is 1. The molecule has 7 nitrogen and oxygen atoms in total. The Labute approximate surface area is 201 Å². The van der Waals surface area contributed by atoms with E-state index in [4.69, 9.17) is 10.1 Å². The fraction of sp³-hybridized carbons (Fsp3) is 0.192. The Kier molecular flexibility index (Phi) is 6.51. The van der Waals surface area contributed by atoms with E-state index in [1.165, 1.54) is 29.0 Å². The van der Waals surface area contributed by atoms with Gasteiger partial charge in [0.1, 0.15) is 0 Å². The zero-order valence-electron chi connectivity index (χ0n) is 19.5. The Morgan fingerprint density at radius 3 is 2.35 bits per heavy atom. The molecular weight excluding hydrogens is 446 g/mol. The monoisotopic (exact) mass is 471 g/mol. The lowest BCUT2D eigenvalue weighted by atomic mass is 9.86. The normalized spacial score (nSPS) is 12.7. The number of non-ortho nitro benzene ring substituents is 1. The number of nitro groups is 1. The van der Waals surface area contributed by atoms with Gasteiger partial charge in [-0.15, -0.1) is 11.3 Å². The summed E-state index contributed by atoms with van der Waals surface area (Å²) < 4.78 is 1.78. The quantitative estimate of drug-likeness (QED) is 0.194. The van der Waals surface area contributed by atoms with Crippen LogP contribution in [0, 0.1) is 10.1 Å². The van der Waals surface area contributed by atoms with Crippen molar-refractivity contribution < 1.29 is 4.92 Å². The molecule has 0 aliphatic heterocycles. The van der Waals surface area contributed by atoms with E-state index in [1.54, 1.807) is 29.2 Å². The molecule has 0 bridgehead atoms. The van der Waals surface area contributed by atoms with Crippen LogP contribution in [0.3, 0.4) is 0 Å². The Morgan fingerprint density at radius 1 is 1.06 bits per heavy atom. The number of nitro benzene ring substituents is 1. The molecule has 2 aromatic heterocycles. The van der Waals surface area contributed by atoms with Crippen molar-refractivity contribution in [2.24, 2.45) is 10.1 Å². The van der Waals surface area contributed by atoms with Gasteiger partial charge in [-0.2, -0.15) is 5.10 Å². The van der Waals surface area contributed by atoms with Gasteiger partial charge in [0.2, 0.25) is 4.80 Å². The van der Waals surface area contributed by atoms with Crippen molar-refractivity contribution in [3.63, 3.8) is 0 Å². The predicted octanol–water partition coefficient (Wildman–Crippen LogP) is 6.32. The SMILES string of the molecule is CC(=Nn1c(-c2ccc([N+](=O)[O-])cc2)csc1=Nc1cccnc1)c1ccc(C(C)(C)C)cc1. The van der Waals surface area contributed by atoms with Crippen molar-refractivity contribution in [3.8, 4) is 11.3 Å². The van der Waals surface area contributed by atoms with Crippen molar-refractivity contribution in [1.29, 1.82) is 0 Å². The molecule has 4 rings (SSSR count). The first-order valence-corrected chi connectivity index (χ1v) is 11.7. The maximum absolute atomic E-state index is 11.1. The Hall–Kier alpha value is -3.91. The maximum atomic E-state index is 11.1. The number of aromatic nitrogens is 2. The number of pyridine rings is 1. The van der Waals surface area contributed by atoms with Crippen molar-refractivity contribution in [1.82, 2.24) is 9.66 Å². The maximum Gasteiger partial charge on any atom is 0.269 e. The summed E-state index contributed by atoms with van der Waals surface area (Å²) in [6.07, 6.45) is 3.39. The Morgan fingerprint density at radius 2 is 1.76 bits per heavy atom. The highest BCUT2D eigenvalue weighted by Gasteiger charge is 2.14. The minimum absolute atomic E-state index is 0.0458. The first-order chi connectivity index (χ1) is 16.2. The molecule has 0 unspecified atom stereocenters.